The molecule has 0 bridgehead atoms. The number of benzene rings is 2. The van der Waals surface area contributed by atoms with Crippen LogP contribution in [0.15, 0.2) is 42.5 Å². The Kier molecular flexibility index (Phi) is 11.1. The molecule has 0 saturated heterocycles. The predicted molar refractivity (Wildman–Crippen MR) is 117 cm³/mol. The molecule has 0 aromatic heterocycles. The molecule has 0 spiro atoms. The van der Waals surface area contributed by atoms with Gasteiger partial charge in [-0.1, -0.05) is 43.5 Å². The van der Waals surface area contributed by atoms with E-state index in [0.29, 0.717) is 11.5 Å². The van der Waals surface area contributed by atoms with E-state index in [-0.39, 0.29) is 24.9 Å². The molecule has 2 aromatic rings. The van der Waals surface area contributed by atoms with Gasteiger partial charge in [0, 0.05) is 12.2 Å². The number of nitrogens with one attached hydrogen (secondary N) is 2. The Hall–Kier alpha value is -2.24. The summed E-state index contributed by atoms with van der Waals surface area (Å²) in [5, 5.41) is 6.25. The fourth-order valence-corrected chi connectivity index (χ4v) is 2.65. The molecule has 0 fully saturated rings. The van der Waals surface area contributed by atoms with Crippen LogP contribution in [0.4, 0.5) is 5.69 Å². The van der Waals surface area contributed by atoms with Crippen molar-refractivity contribution in [2.45, 2.75) is 39.7 Å². The van der Waals surface area contributed by atoms with E-state index in [1.807, 2.05) is 49.4 Å². The lowest BCUT2D eigenvalue weighted by atomic mass is 10.2. The van der Waals surface area contributed by atoms with E-state index in [2.05, 4.69) is 17.6 Å². The number of unbranched alkanes of at least 4 members (excludes halogenated alkanes) is 2. The summed E-state index contributed by atoms with van der Waals surface area (Å²) in [4.78, 5) is 12.1. The standard InChI is InChI=1S/C22H30N2O3.ClH/c1-4-5-6-13-23-15-18-9-12-20(21(14-18)26-3)27-16-22(25)24-19-10-7-17(2)8-11-19;/h7-12,14,23H,4-6,13,15-16H2,1-3H3,(H,24,25);1H. The van der Waals surface area contributed by atoms with Crippen molar-refractivity contribution >= 4 is 24.0 Å². The van der Waals surface area contributed by atoms with Gasteiger partial charge >= 0.3 is 0 Å². The minimum atomic E-state index is -0.206. The van der Waals surface area contributed by atoms with Gasteiger partial charge in [0.05, 0.1) is 7.11 Å². The van der Waals surface area contributed by atoms with Crippen LogP contribution in [0.5, 0.6) is 11.5 Å². The van der Waals surface area contributed by atoms with E-state index in [4.69, 9.17) is 9.47 Å². The van der Waals surface area contributed by atoms with Crippen molar-refractivity contribution in [3.05, 3.63) is 53.6 Å². The van der Waals surface area contributed by atoms with Gasteiger partial charge in [-0.3, -0.25) is 4.79 Å². The molecule has 28 heavy (non-hydrogen) atoms. The van der Waals surface area contributed by atoms with Crippen molar-refractivity contribution in [1.29, 1.82) is 0 Å². The second kappa shape index (κ2) is 13.0. The van der Waals surface area contributed by atoms with Crippen LogP contribution in [0.1, 0.15) is 37.3 Å². The number of anilines is 1. The highest BCUT2D eigenvalue weighted by molar-refractivity contribution is 5.91. The zero-order chi connectivity index (χ0) is 19.5. The van der Waals surface area contributed by atoms with E-state index < -0.39 is 0 Å². The molecule has 154 valence electrons. The first-order valence-corrected chi connectivity index (χ1v) is 9.49. The Balaban J connectivity index is 0.00000392. The molecule has 0 heterocycles. The van der Waals surface area contributed by atoms with Crippen LogP contribution in [0, 0.1) is 6.92 Å². The minimum Gasteiger partial charge on any atom is -0.493 e. The Morgan fingerprint density at radius 3 is 2.46 bits per heavy atom. The van der Waals surface area contributed by atoms with Gasteiger partial charge in [-0.05, 0) is 49.7 Å². The maximum atomic E-state index is 12.1. The Morgan fingerprint density at radius 1 is 1.04 bits per heavy atom. The zero-order valence-corrected chi connectivity index (χ0v) is 17.7. The van der Waals surface area contributed by atoms with Gasteiger partial charge in [0.25, 0.3) is 5.91 Å². The van der Waals surface area contributed by atoms with Crippen molar-refractivity contribution in [2.24, 2.45) is 0 Å². The van der Waals surface area contributed by atoms with Gasteiger partial charge in [0.15, 0.2) is 18.1 Å². The summed E-state index contributed by atoms with van der Waals surface area (Å²) in [5.74, 6) is 0.986. The maximum Gasteiger partial charge on any atom is 0.262 e. The molecule has 6 heteroatoms. The first-order chi connectivity index (χ1) is 13.1. The zero-order valence-electron chi connectivity index (χ0n) is 16.9. The lowest BCUT2D eigenvalue weighted by molar-refractivity contribution is -0.118. The number of halogens is 1. The van der Waals surface area contributed by atoms with Gasteiger partial charge in [0.1, 0.15) is 0 Å². The Morgan fingerprint density at radius 2 is 1.79 bits per heavy atom. The molecule has 0 radical (unpaired) electrons. The van der Waals surface area contributed by atoms with Crippen LogP contribution in [-0.2, 0) is 11.3 Å². The van der Waals surface area contributed by atoms with E-state index in [1.54, 1.807) is 7.11 Å². The molecule has 0 aliphatic heterocycles. The maximum absolute atomic E-state index is 12.1. The van der Waals surface area contributed by atoms with Gasteiger partial charge < -0.3 is 20.1 Å². The molecule has 2 N–H and O–H groups in total. The van der Waals surface area contributed by atoms with Crippen molar-refractivity contribution < 1.29 is 14.3 Å². The molecular formula is C22H31ClN2O3. The van der Waals surface area contributed by atoms with Crippen LogP contribution in [0.25, 0.3) is 0 Å². The van der Waals surface area contributed by atoms with Crippen molar-refractivity contribution in [3.63, 3.8) is 0 Å². The number of carbonyl (C=O) groups is 1. The first kappa shape index (κ1) is 23.8. The summed E-state index contributed by atoms with van der Waals surface area (Å²) in [6.45, 7) is 5.93. The van der Waals surface area contributed by atoms with Crippen molar-refractivity contribution in [2.75, 3.05) is 25.6 Å². The smallest absolute Gasteiger partial charge is 0.262 e. The fraction of sp³-hybridized carbons (Fsp3) is 0.409. The van der Waals surface area contributed by atoms with Gasteiger partial charge in [-0.15, -0.1) is 12.4 Å². The molecule has 0 unspecified atom stereocenters. The largest absolute Gasteiger partial charge is 0.493 e. The number of hydrogen-bond donors (Lipinski definition) is 2. The second-order valence-electron chi connectivity index (χ2n) is 6.57. The van der Waals surface area contributed by atoms with E-state index in [1.165, 1.54) is 19.3 Å². The number of carbonyl (C=O) groups excluding carboxylic acids is 1. The SMILES string of the molecule is CCCCCNCc1ccc(OCC(=O)Nc2ccc(C)cc2)c(OC)c1.Cl. The van der Waals surface area contributed by atoms with Crippen LogP contribution in [0.2, 0.25) is 0 Å². The summed E-state index contributed by atoms with van der Waals surface area (Å²) in [6.07, 6.45) is 3.65. The first-order valence-electron chi connectivity index (χ1n) is 9.49. The molecule has 0 aliphatic carbocycles. The molecule has 5 nitrogen and oxygen atoms in total. The Labute approximate surface area is 174 Å². The summed E-state index contributed by atoms with van der Waals surface area (Å²) >= 11 is 0. The highest BCUT2D eigenvalue weighted by atomic mass is 35.5. The summed E-state index contributed by atoms with van der Waals surface area (Å²) in [5.41, 5.74) is 3.03. The number of aryl methyl sites for hydroxylation is 1. The molecule has 0 atom stereocenters. The third-order valence-electron chi connectivity index (χ3n) is 4.21. The van der Waals surface area contributed by atoms with Gasteiger partial charge in [0.2, 0.25) is 0 Å². The number of ether oxygens (including phenoxy) is 2. The topological polar surface area (TPSA) is 59.6 Å². The average Bonchev–Trinajstić information content (AvgIpc) is 2.68. The summed E-state index contributed by atoms with van der Waals surface area (Å²) < 4.78 is 11.1. The van der Waals surface area contributed by atoms with E-state index >= 15 is 0 Å². The Bertz CT molecular complexity index is 720. The molecule has 1 amide bonds. The normalized spacial score (nSPS) is 10.1. The van der Waals surface area contributed by atoms with Crippen molar-refractivity contribution in [1.82, 2.24) is 5.32 Å². The average molecular weight is 407 g/mol. The minimum absolute atomic E-state index is 0. The lowest BCUT2D eigenvalue weighted by Crippen LogP contribution is -2.20. The van der Waals surface area contributed by atoms with Crippen LogP contribution in [0.3, 0.4) is 0 Å². The third-order valence-corrected chi connectivity index (χ3v) is 4.21. The van der Waals surface area contributed by atoms with Crippen LogP contribution >= 0.6 is 12.4 Å². The van der Waals surface area contributed by atoms with Crippen LogP contribution < -0.4 is 20.1 Å². The number of methoxy groups -OCH3 is 1. The predicted octanol–water partition coefficient (Wildman–Crippen LogP) is 4.72. The molecule has 2 rings (SSSR count). The van der Waals surface area contributed by atoms with Gasteiger partial charge in [-0.2, -0.15) is 0 Å². The lowest BCUT2D eigenvalue weighted by Gasteiger charge is -2.13. The quantitative estimate of drug-likeness (QED) is 0.530. The van der Waals surface area contributed by atoms with E-state index in [9.17, 15) is 4.79 Å². The molecule has 0 saturated carbocycles. The molecular weight excluding hydrogens is 376 g/mol. The summed E-state index contributed by atoms with van der Waals surface area (Å²) in [7, 11) is 1.60. The highest BCUT2D eigenvalue weighted by Gasteiger charge is 2.09. The van der Waals surface area contributed by atoms with Crippen LogP contribution in [-0.4, -0.2) is 26.2 Å². The van der Waals surface area contributed by atoms with Crippen molar-refractivity contribution in [3.8, 4) is 11.5 Å². The number of hydrogen-bond acceptors (Lipinski definition) is 4. The molecule has 2 aromatic carbocycles. The highest BCUT2D eigenvalue weighted by Crippen LogP contribution is 2.28. The number of amides is 1. The van der Waals surface area contributed by atoms with Gasteiger partial charge in [-0.25, -0.2) is 0 Å². The molecule has 0 aliphatic rings. The third kappa shape index (κ3) is 8.19. The second-order valence-corrected chi connectivity index (χ2v) is 6.57. The van der Waals surface area contributed by atoms with E-state index in [0.717, 1.165) is 29.9 Å². The number of rotatable bonds is 11. The summed E-state index contributed by atoms with van der Waals surface area (Å²) in [6, 6.07) is 13.4. The monoisotopic (exact) mass is 406 g/mol. The fourth-order valence-electron chi connectivity index (χ4n) is 2.65.